The van der Waals surface area contributed by atoms with Gasteiger partial charge in [0.2, 0.25) is 11.8 Å². The molecule has 3 rings (SSSR count). The molecule has 0 fully saturated rings. The number of rotatable bonds is 6. The van der Waals surface area contributed by atoms with Gasteiger partial charge in [-0.3, -0.25) is 4.79 Å². The first-order chi connectivity index (χ1) is 12.1. The van der Waals surface area contributed by atoms with E-state index >= 15 is 0 Å². The van der Waals surface area contributed by atoms with E-state index in [-0.39, 0.29) is 5.78 Å². The number of thiophene rings is 1. The van der Waals surface area contributed by atoms with Gasteiger partial charge in [0.05, 0.1) is 15.8 Å². The van der Waals surface area contributed by atoms with E-state index in [9.17, 15) is 4.79 Å². The average Bonchev–Trinajstić information content (AvgIpc) is 3.08. The maximum atomic E-state index is 13.0. The molecule has 6 heteroatoms. The second-order valence-electron chi connectivity index (χ2n) is 5.33. The molecule has 0 aliphatic heterocycles. The first-order valence-corrected chi connectivity index (χ1v) is 9.26. The summed E-state index contributed by atoms with van der Waals surface area (Å²) in [6.07, 6.45) is 3.64. The van der Waals surface area contributed by atoms with Gasteiger partial charge in [-0.05, 0) is 22.7 Å². The molecule has 1 atom stereocenters. The number of nitrogens with zero attached hydrogens (tertiary/aromatic N) is 2. The number of Topliss-reactive ketones (excluding diaryl/α,β-unsaturated/α-hetero) is 1. The van der Waals surface area contributed by atoms with E-state index in [2.05, 4.69) is 4.99 Å². The Kier molecular flexibility index (Phi) is 5.91. The summed E-state index contributed by atoms with van der Waals surface area (Å²) < 4.78 is 2.36. The van der Waals surface area contributed by atoms with Crippen LogP contribution < -0.4 is 4.57 Å². The Morgan fingerprint density at radius 2 is 1.76 bits per heavy atom. The van der Waals surface area contributed by atoms with Crippen LogP contribution in [-0.2, 0) is 19.2 Å². The summed E-state index contributed by atoms with van der Waals surface area (Å²) in [5.74, 6) is -0.102. The lowest BCUT2D eigenvalue weighted by Crippen LogP contribution is -2.47. The third kappa shape index (κ3) is 4.51. The second-order valence-corrected chi connectivity index (χ2v) is 7.47. The fourth-order valence-corrected chi connectivity index (χ4v) is 3.68. The number of carbonyl (C=O) groups excluding carboxylic acids is 1. The van der Waals surface area contributed by atoms with E-state index in [4.69, 9.17) is 24.2 Å². The minimum atomic E-state index is -0.658. The monoisotopic (exact) mass is 386 g/mol. The van der Waals surface area contributed by atoms with Gasteiger partial charge >= 0.3 is 0 Å². The molecule has 1 unspecified atom stereocenters. The zero-order valence-corrected chi connectivity index (χ0v) is 15.6. The van der Waals surface area contributed by atoms with Gasteiger partial charge in [-0.2, -0.15) is 4.57 Å². The summed E-state index contributed by atoms with van der Waals surface area (Å²) in [6.45, 7) is 0.446. The smallest absolute Gasteiger partial charge is 0.244 e. The van der Waals surface area contributed by atoms with E-state index in [1.165, 1.54) is 11.3 Å². The lowest BCUT2D eigenvalue weighted by atomic mass is 10.1. The van der Waals surface area contributed by atoms with Crippen molar-refractivity contribution in [2.24, 2.45) is 4.99 Å². The van der Waals surface area contributed by atoms with Gasteiger partial charge in [0, 0.05) is 12.1 Å². The highest BCUT2D eigenvalue weighted by Gasteiger charge is 2.29. The van der Waals surface area contributed by atoms with Crippen molar-refractivity contribution in [3.63, 3.8) is 0 Å². The predicted octanol–water partition coefficient (Wildman–Crippen LogP) is 4.26. The molecule has 0 radical (unpaired) electrons. The van der Waals surface area contributed by atoms with Crippen LogP contribution in [0.25, 0.3) is 0 Å². The summed E-state index contributed by atoms with van der Waals surface area (Å²) in [5.41, 5.74) is 1.05. The fraction of sp³-hybridized carbons (Fsp3) is 0.105. The van der Waals surface area contributed by atoms with Gasteiger partial charge in [-0.1, -0.05) is 48.0 Å². The quantitative estimate of drug-likeness (QED) is 0.208. The van der Waals surface area contributed by atoms with Crippen LogP contribution in [0.2, 0.25) is 4.34 Å². The van der Waals surface area contributed by atoms with Crippen molar-refractivity contribution < 1.29 is 9.36 Å². The van der Waals surface area contributed by atoms with E-state index in [0.29, 0.717) is 20.8 Å². The van der Waals surface area contributed by atoms with Crippen molar-refractivity contribution in [2.45, 2.75) is 12.6 Å². The Bertz CT molecular complexity index is 879. The number of halogens is 1. The van der Waals surface area contributed by atoms with Crippen LogP contribution in [0.15, 0.2) is 78.0 Å². The van der Waals surface area contributed by atoms with Crippen molar-refractivity contribution in [1.29, 1.82) is 0 Å². The zero-order chi connectivity index (χ0) is 17.6. The molecular formula is C19H15ClN2OS2. The normalized spacial score (nSPS) is 12.8. The molecule has 0 amide bonds. The molecular weight excluding hydrogens is 372 g/mol. The number of benzene rings is 1. The van der Waals surface area contributed by atoms with Gasteiger partial charge in [0.1, 0.15) is 0 Å². The maximum absolute atomic E-state index is 13.0. The molecule has 2 heterocycles. The van der Waals surface area contributed by atoms with E-state index in [0.717, 1.165) is 5.56 Å². The molecule has 2 aromatic heterocycles. The summed E-state index contributed by atoms with van der Waals surface area (Å²) in [4.78, 5) is 18.1. The molecule has 0 aliphatic rings. The van der Waals surface area contributed by atoms with Crippen LogP contribution in [0, 0.1) is 0 Å². The molecule has 1 aromatic carbocycles. The van der Waals surface area contributed by atoms with E-state index in [1.807, 2.05) is 60.9 Å². The summed E-state index contributed by atoms with van der Waals surface area (Å²) in [6, 6.07) is 18.2. The third-order valence-electron chi connectivity index (χ3n) is 3.60. The van der Waals surface area contributed by atoms with E-state index < -0.39 is 6.04 Å². The first kappa shape index (κ1) is 17.7. The van der Waals surface area contributed by atoms with Gasteiger partial charge < -0.3 is 17.6 Å². The van der Waals surface area contributed by atoms with Crippen molar-refractivity contribution >= 4 is 46.4 Å². The number of aliphatic imine (C=N–C) groups is 1. The first-order valence-electron chi connectivity index (χ1n) is 7.66. The molecule has 0 bridgehead atoms. The van der Waals surface area contributed by atoms with Crippen LogP contribution in [0.3, 0.4) is 0 Å². The predicted molar refractivity (Wildman–Crippen MR) is 104 cm³/mol. The van der Waals surface area contributed by atoms with Crippen molar-refractivity contribution in [2.75, 3.05) is 0 Å². The van der Waals surface area contributed by atoms with Gasteiger partial charge in [-0.25, -0.2) is 0 Å². The molecule has 0 saturated carbocycles. The Labute approximate surface area is 161 Å². The molecule has 25 heavy (non-hydrogen) atoms. The Balaban J connectivity index is 1.92. The Morgan fingerprint density at radius 1 is 1.08 bits per heavy atom. The highest BCUT2D eigenvalue weighted by atomic mass is 35.5. The molecule has 0 aliphatic carbocycles. The van der Waals surface area contributed by atoms with Crippen molar-refractivity contribution in [3.8, 4) is 0 Å². The lowest BCUT2D eigenvalue weighted by Gasteiger charge is -2.18. The van der Waals surface area contributed by atoms with Gasteiger partial charge in [0.25, 0.3) is 0 Å². The summed E-state index contributed by atoms with van der Waals surface area (Å²) in [7, 11) is 0. The van der Waals surface area contributed by atoms with Gasteiger partial charge in [0.15, 0.2) is 12.4 Å². The minimum Gasteiger partial charge on any atom is -0.758 e. The SMILES string of the molecule is O=C(c1ccc(Cl)s1)C(C([S-])=NCc1ccccc1)[n+]1ccccc1. The number of hydrogen-bond acceptors (Lipinski definition) is 4. The van der Waals surface area contributed by atoms with Gasteiger partial charge in [-0.15, -0.1) is 11.3 Å². The van der Waals surface area contributed by atoms with Crippen LogP contribution in [-0.4, -0.2) is 10.8 Å². The molecule has 3 nitrogen and oxygen atoms in total. The zero-order valence-electron chi connectivity index (χ0n) is 13.2. The Hall–Kier alpha value is -2.08. The van der Waals surface area contributed by atoms with Crippen LogP contribution in [0.4, 0.5) is 0 Å². The van der Waals surface area contributed by atoms with Crippen molar-refractivity contribution in [1.82, 2.24) is 0 Å². The maximum Gasteiger partial charge on any atom is 0.244 e. The molecule has 126 valence electrons. The highest BCUT2D eigenvalue weighted by Crippen LogP contribution is 2.24. The van der Waals surface area contributed by atoms with Crippen LogP contribution in [0.1, 0.15) is 21.3 Å². The summed E-state index contributed by atoms with van der Waals surface area (Å²) >= 11 is 12.7. The topological polar surface area (TPSA) is 33.3 Å². The third-order valence-corrected chi connectivity index (χ3v) is 5.19. The number of hydrogen-bond donors (Lipinski definition) is 0. The highest BCUT2D eigenvalue weighted by molar-refractivity contribution is 7.77. The molecule has 3 aromatic rings. The number of aromatic nitrogens is 1. The van der Waals surface area contributed by atoms with E-state index in [1.54, 1.807) is 16.7 Å². The average molecular weight is 387 g/mol. The number of carbonyl (C=O) groups is 1. The number of pyridine rings is 1. The fourth-order valence-electron chi connectivity index (χ4n) is 2.38. The standard InChI is InChI=1S/C19H15ClN2OS2/c20-16-10-9-15(25-16)18(23)17(22-11-5-2-6-12-22)19(24)21-13-14-7-3-1-4-8-14/h1-12,17H,13H2. The lowest BCUT2D eigenvalue weighted by molar-refractivity contribution is -0.691. The van der Waals surface area contributed by atoms with Crippen molar-refractivity contribution in [3.05, 3.63) is 87.8 Å². The Morgan fingerprint density at radius 3 is 2.40 bits per heavy atom. The minimum absolute atomic E-state index is 0.102. The van der Waals surface area contributed by atoms with Crippen LogP contribution in [0.5, 0.6) is 0 Å². The molecule has 0 saturated heterocycles. The molecule has 0 N–H and O–H groups in total. The molecule has 0 spiro atoms. The summed E-state index contributed by atoms with van der Waals surface area (Å²) in [5, 5.41) is 0.356. The largest absolute Gasteiger partial charge is 0.758 e. The number of ketones is 1. The van der Waals surface area contributed by atoms with Crippen LogP contribution >= 0.6 is 22.9 Å². The second kappa shape index (κ2) is 8.34.